The van der Waals surface area contributed by atoms with Gasteiger partial charge < -0.3 is 15.2 Å². The third-order valence-electron chi connectivity index (χ3n) is 2.43. The lowest BCUT2D eigenvalue weighted by molar-refractivity contribution is -0.141. The molecule has 0 radical (unpaired) electrons. The van der Waals surface area contributed by atoms with Crippen molar-refractivity contribution in [2.45, 2.75) is 25.3 Å². The number of aliphatic carboxylic acids is 1. The van der Waals surface area contributed by atoms with Crippen molar-refractivity contribution >= 4 is 29.7 Å². The van der Waals surface area contributed by atoms with E-state index in [1.54, 1.807) is 13.8 Å². The van der Waals surface area contributed by atoms with E-state index in [4.69, 9.17) is 5.11 Å². The van der Waals surface area contributed by atoms with Crippen LogP contribution in [0.25, 0.3) is 0 Å². The number of nitrogens with one attached hydrogen (secondary N) is 1. The zero-order valence-electron chi connectivity index (χ0n) is 10.2. The molecule has 102 valence electrons. The van der Waals surface area contributed by atoms with E-state index in [0.29, 0.717) is 5.75 Å². The Bertz CT molecular complexity index is 349. The molecule has 2 amide bonds. The predicted octanol–water partition coefficient (Wildman–Crippen LogP) is 0.107. The maximum absolute atomic E-state index is 11.8. The van der Waals surface area contributed by atoms with Crippen molar-refractivity contribution in [2.24, 2.45) is 0 Å². The molecular formula is C10H16N2O5S. The minimum Gasteiger partial charge on any atom is -0.480 e. The van der Waals surface area contributed by atoms with E-state index in [9.17, 15) is 14.4 Å². The maximum atomic E-state index is 11.8. The molecule has 0 bridgehead atoms. The van der Waals surface area contributed by atoms with Crippen molar-refractivity contribution in [3.8, 4) is 0 Å². The largest absolute Gasteiger partial charge is 0.480 e. The Morgan fingerprint density at radius 3 is 2.72 bits per heavy atom. The molecule has 0 saturated carbocycles. The van der Waals surface area contributed by atoms with E-state index in [0.717, 1.165) is 0 Å². The zero-order valence-corrected chi connectivity index (χ0v) is 11.0. The van der Waals surface area contributed by atoms with Crippen LogP contribution in [0.3, 0.4) is 0 Å². The van der Waals surface area contributed by atoms with Crippen LogP contribution in [0.2, 0.25) is 0 Å². The number of esters is 1. The first-order valence-corrected chi connectivity index (χ1v) is 6.58. The number of hydrogen-bond donors (Lipinski definition) is 2. The lowest BCUT2D eigenvalue weighted by atomic mass is 10.3. The van der Waals surface area contributed by atoms with Gasteiger partial charge in [0.25, 0.3) is 0 Å². The molecule has 8 heteroatoms. The van der Waals surface area contributed by atoms with Crippen molar-refractivity contribution in [1.82, 2.24) is 10.2 Å². The minimum atomic E-state index is -1.04. The molecule has 1 heterocycles. The fourth-order valence-corrected chi connectivity index (χ4v) is 2.76. The number of carboxylic acids is 1. The average molecular weight is 276 g/mol. The van der Waals surface area contributed by atoms with Gasteiger partial charge in [-0.05, 0) is 13.8 Å². The molecular weight excluding hydrogens is 260 g/mol. The number of hydrogen-bond acceptors (Lipinski definition) is 5. The topological polar surface area (TPSA) is 95.9 Å². The summed E-state index contributed by atoms with van der Waals surface area (Å²) in [5.74, 6) is -1.24. The summed E-state index contributed by atoms with van der Waals surface area (Å²) in [7, 11) is 0. The van der Waals surface area contributed by atoms with Gasteiger partial charge in [-0.2, -0.15) is 0 Å². The highest BCUT2D eigenvalue weighted by Crippen LogP contribution is 2.28. The predicted molar refractivity (Wildman–Crippen MR) is 65.2 cm³/mol. The number of rotatable bonds is 4. The van der Waals surface area contributed by atoms with E-state index in [2.05, 4.69) is 10.1 Å². The molecule has 0 aromatic heterocycles. The number of carbonyl (C=O) groups excluding carboxylic acids is 2. The lowest BCUT2D eigenvalue weighted by Crippen LogP contribution is -2.50. The average Bonchev–Trinajstić information content (AvgIpc) is 2.68. The van der Waals surface area contributed by atoms with Crippen LogP contribution in [0, 0.1) is 0 Å². The van der Waals surface area contributed by atoms with Gasteiger partial charge in [-0.25, -0.2) is 9.59 Å². The number of thioether (sulfide) groups is 1. The van der Waals surface area contributed by atoms with Crippen LogP contribution < -0.4 is 5.32 Å². The summed E-state index contributed by atoms with van der Waals surface area (Å²) < 4.78 is 4.66. The SMILES string of the molecule is CCOC(=O)CNC(=O)N1C(C)SCC1C(=O)O. The molecule has 0 aromatic rings. The van der Waals surface area contributed by atoms with E-state index < -0.39 is 24.0 Å². The van der Waals surface area contributed by atoms with Gasteiger partial charge in [0.2, 0.25) is 0 Å². The number of nitrogens with zero attached hydrogens (tertiary/aromatic N) is 1. The van der Waals surface area contributed by atoms with Crippen LogP contribution in [-0.2, 0) is 14.3 Å². The second-order valence-electron chi connectivity index (χ2n) is 3.66. The Labute approximate surface area is 109 Å². The Morgan fingerprint density at radius 2 is 2.17 bits per heavy atom. The first-order chi connectivity index (χ1) is 8.47. The van der Waals surface area contributed by atoms with Gasteiger partial charge in [-0.15, -0.1) is 11.8 Å². The number of amides is 2. The summed E-state index contributed by atoms with van der Waals surface area (Å²) in [6.45, 7) is 3.40. The van der Waals surface area contributed by atoms with Crippen LogP contribution in [0.1, 0.15) is 13.8 Å². The second-order valence-corrected chi connectivity index (χ2v) is 5.01. The summed E-state index contributed by atoms with van der Waals surface area (Å²) in [5.41, 5.74) is 0. The molecule has 1 rings (SSSR count). The standard InChI is InChI=1S/C10H16N2O5S/c1-3-17-8(13)4-11-10(16)12-6(2)18-5-7(12)9(14)15/h6-7H,3-5H2,1-2H3,(H,11,16)(H,14,15). The molecule has 2 unspecified atom stereocenters. The van der Waals surface area contributed by atoms with Crippen LogP contribution in [-0.4, -0.2) is 58.3 Å². The van der Waals surface area contributed by atoms with Gasteiger partial charge in [0.1, 0.15) is 12.6 Å². The summed E-state index contributed by atoms with van der Waals surface area (Å²) in [6.07, 6.45) is 0. The smallest absolute Gasteiger partial charge is 0.327 e. The van der Waals surface area contributed by atoms with Gasteiger partial charge in [-0.3, -0.25) is 9.69 Å². The van der Waals surface area contributed by atoms with Crippen LogP contribution in [0.5, 0.6) is 0 Å². The van der Waals surface area contributed by atoms with Crippen molar-refractivity contribution < 1.29 is 24.2 Å². The Kier molecular flexibility index (Phi) is 5.26. The first-order valence-electron chi connectivity index (χ1n) is 5.53. The monoisotopic (exact) mass is 276 g/mol. The molecule has 0 aromatic carbocycles. The van der Waals surface area contributed by atoms with Crippen molar-refractivity contribution in [2.75, 3.05) is 18.9 Å². The molecule has 1 aliphatic heterocycles. The highest BCUT2D eigenvalue weighted by Gasteiger charge is 2.39. The van der Waals surface area contributed by atoms with Crippen molar-refractivity contribution in [1.29, 1.82) is 0 Å². The number of ether oxygens (including phenoxy) is 1. The lowest BCUT2D eigenvalue weighted by Gasteiger charge is -2.24. The van der Waals surface area contributed by atoms with Gasteiger partial charge >= 0.3 is 18.0 Å². The van der Waals surface area contributed by atoms with E-state index >= 15 is 0 Å². The number of carbonyl (C=O) groups is 3. The van der Waals surface area contributed by atoms with Crippen LogP contribution in [0.15, 0.2) is 0 Å². The molecule has 18 heavy (non-hydrogen) atoms. The van der Waals surface area contributed by atoms with Crippen LogP contribution >= 0.6 is 11.8 Å². The normalized spacial score (nSPS) is 22.7. The molecule has 1 aliphatic rings. The van der Waals surface area contributed by atoms with Crippen molar-refractivity contribution in [3.63, 3.8) is 0 Å². The third-order valence-corrected chi connectivity index (χ3v) is 3.65. The fourth-order valence-electron chi connectivity index (χ4n) is 1.59. The Morgan fingerprint density at radius 1 is 1.50 bits per heavy atom. The highest BCUT2D eigenvalue weighted by atomic mass is 32.2. The van der Waals surface area contributed by atoms with Gasteiger partial charge in [0.05, 0.1) is 12.0 Å². The number of carboxylic acid groups (broad SMARTS) is 1. The minimum absolute atomic E-state index is 0.228. The summed E-state index contributed by atoms with van der Waals surface area (Å²) in [6, 6.07) is -1.42. The summed E-state index contributed by atoms with van der Waals surface area (Å²) >= 11 is 1.38. The summed E-state index contributed by atoms with van der Waals surface area (Å²) in [5, 5.41) is 11.1. The highest BCUT2D eigenvalue weighted by molar-refractivity contribution is 8.00. The Balaban J connectivity index is 2.54. The fraction of sp³-hybridized carbons (Fsp3) is 0.700. The van der Waals surface area contributed by atoms with Gasteiger partial charge in [0.15, 0.2) is 0 Å². The quantitative estimate of drug-likeness (QED) is 0.707. The molecule has 1 saturated heterocycles. The van der Waals surface area contributed by atoms with Crippen molar-refractivity contribution in [3.05, 3.63) is 0 Å². The van der Waals surface area contributed by atoms with E-state index in [-0.39, 0.29) is 18.5 Å². The molecule has 0 aliphatic carbocycles. The summed E-state index contributed by atoms with van der Waals surface area (Å²) in [4.78, 5) is 35.1. The molecule has 2 N–H and O–H groups in total. The Hall–Kier alpha value is -1.44. The van der Waals surface area contributed by atoms with Crippen LogP contribution in [0.4, 0.5) is 4.79 Å². The van der Waals surface area contributed by atoms with Gasteiger partial charge in [-0.1, -0.05) is 0 Å². The maximum Gasteiger partial charge on any atom is 0.327 e. The van der Waals surface area contributed by atoms with E-state index in [1.807, 2.05) is 0 Å². The molecule has 0 spiro atoms. The molecule has 2 atom stereocenters. The third kappa shape index (κ3) is 3.52. The zero-order chi connectivity index (χ0) is 13.7. The number of urea groups is 1. The second kappa shape index (κ2) is 6.48. The van der Waals surface area contributed by atoms with E-state index in [1.165, 1.54) is 16.7 Å². The molecule has 7 nitrogen and oxygen atoms in total. The molecule has 1 fully saturated rings. The first kappa shape index (κ1) is 14.6. The van der Waals surface area contributed by atoms with Gasteiger partial charge in [0, 0.05) is 5.75 Å².